The molecule has 7 heteroatoms. The molecule has 3 rings (SSSR count). The maximum Gasteiger partial charge on any atom is 0.251 e. The molecule has 1 N–H and O–H groups in total. The summed E-state index contributed by atoms with van der Waals surface area (Å²) in [5.74, 6) is 1.67. The Kier molecular flexibility index (Phi) is 7.08. The zero-order chi connectivity index (χ0) is 20.6. The van der Waals surface area contributed by atoms with E-state index in [2.05, 4.69) is 16.4 Å². The van der Waals surface area contributed by atoms with Gasteiger partial charge in [-0.3, -0.25) is 4.79 Å². The summed E-state index contributed by atoms with van der Waals surface area (Å²) in [4.78, 5) is 16.6. The molecule has 2 aromatic carbocycles. The maximum absolute atomic E-state index is 12.4. The van der Waals surface area contributed by atoms with Gasteiger partial charge in [-0.25, -0.2) is 4.98 Å². The number of thiazole rings is 1. The van der Waals surface area contributed by atoms with E-state index in [-0.39, 0.29) is 5.91 Å². The lowest BCUT2D eigenvalue weighted by Crippen LogP contribution is -2.28. The first-order valence-corrected chi connectivity index (χ1v) is 10.2. The Morgan fingerprint density at radius 1 is 1.07 bits per heavy atom. The molecule has 0 saturated heterocycles. The molecule has 0 aliphatic rings. The van der Waals surface area contributed by atoms with E-state index >= 15 is 0 Å². The Hall–Kier alpha value is -3.06. The van der Waals surface area contributed by atoms with Crippen molar-refractivity contribution in [3.05, 3.63) is 69.7 Å². The first-order valence-electron chi connectivity index (χ1n) is 9.22. The first-order chi connectivity index (χ1) is 14.0. The van der Waals surface area contributed by atoms with E-state index in [1.54, 1.807) is 30.8 Å². The molecule has 0 radical (unpaired) electrons. The third-order valence-electron chi connectivity index (χ3n) is 4.14. The molecular weight excluding hydrogens is 388 g/mol. The monoisotopic (exact) mass is 412 g/mol. The van der Waals surface area contributed by atoms with Crippen molar-refractivity contribution in [2.75, 3.05) is 20.3 Å². The van der Waals surface area contributed by atoms with Crippen LogP contribution in [0.3, 0.4) is 0 Å². The number of nitrogens with zero attached hydrogens (tertiary/aromatic N) is 1. The second-order valence-corrected chi connectivity index (χ2v) is 7.28. The molecule has 0 bridgehead atoms. The average Bonchev–Trinajstić information content (AvgIpc) is 3.22. The number of ether oxygens (including phenoxy) is 3. The van der Waals surface area contributed by atoms with Gasteiger partial charge in [-0.15, -0.1) is 11.3 Å². The largest absolute Gasteiger partial charge is 0.493 e. The predicted molar refractivity (Wildman–Crippen MR) is 113 cm³/mol. The molecule has 0 aliphatic heterocycles. The minimum absolute atomic E-state index is 0.196. The smallest absolute Gasteiger partial charge is 0.251 e. The van der Waals surface area contributed by atoms with Crippen LogP contribution >= 0.6 is 11.3 Å². The topological polar surface area (TPSA) is 69.7 Å². The second kappa shape index (κ2) is 9.93. The highest BCUT2D eigenvalue weighted by atomic mass is 32.1. The van der Waals surface area contributed by atoms with E-state index in [9.17, 15) is 4.79 Å². The van der Waals surface area contributed by atoms with Crippen LogP contribution in [-0.2, 0) is 6.61 Å². The molecule has 3 aromatic rings. The Morgan fingerprint density at radius 2 is 1.86 bits per heavy atom. The molecule has 0 fully saturated rings. The van der Waals surface area contributed by atoms with Gasteiger partial charge in [0.05, 0.1) is 24.9 Å². The van der Waals surface area contributed by atoms with Gasteiger partial charge in [-0.2, -0.15) is 0 Å². The summed E-state index contributed by atoms with van der Waals surface area (Å²) in [5, 5.41) is 4.78. The number of nitrogens with one attached hydrogen (secondary N) is 1. The summed E-state index contributed by atoms with van der Waals surface area (Å²) in [6, 6.07) is 11.1. The number of carbonyl (C=O) groups excluding carboxylic acids is 1. The van der Waals surface area contributed by atoms with Gasteiger partial charge < -0.3 is 19.5 Å². The molecule has 1 aromatic heterocycles. The van der Waals surface area contributed by atoms with Crippen molar-refractivity contribution in [1.29, 1.82) is 0 Å². The highest BCUT2D eigenvalue weighted by Crippen LogP contribution is 2.28. The van der Waals surface area contributed by atoms with Gasteiger partial charge in [0.15, 0.2) is 11.5 Å². The molecule has 6 nitrogen and oxygen atoms in total. The number of aromatic nitrogens is 1. The van der Waals surface area contributed by atoms with E-state index < -0.39 is 0 Å². The molecule has 0 spiro atoms. The fourth-order valence-electron chi connectivity index (χ4n) is 2.84. The standard InChI is InChI=1S/C22H24N2O4S/c1-15-8-16(2)10-19(9-15)27-7-6-23-22(25)17-4-5-20(21(11-17)26-3)28-12-18-13-29-14-24-18/h4-5,8-11,13-14H,6-7,12H2,1-3H3,(H,23,25). The minimum atomic E-state index is -0.196. The number of methoxy groups -OCH3 is 1. The van der Waals surface area contributed by atoms with Crippen LogP contribution in [-0.4, -0.2) is 31.2 Å². The van der Waals surface area contributed by atoms with E-state index in [4.69, 9.17) is 14.2 Å². The Labute approximate surface area is 174 Å². The molecule has 1 heterocycles. The minimum Gasteiger partial charge on any atom is -0.493 e. The quantitative estimate of drug-likeness (QED) is 0.535. The van der Waals surface area contributed by atoms with Crippen LogP contribution in [0.2, 0.25) is 0 Å². The summed E-state index contributed by atoms with van der Waals surface area (Å²) in [7, 11) is 1.55. The summed E-state index contributed by atoms with van der Waals surface area (Å²) in [6.45, 7) is 5.19. The maximum atomic E-state index is 12.4. The van der Waals surface area contributed by atoms with Crippen molar-refractivity contribution in [1.82, 2.24) is 10.3 Å². The van der Waals surface area contributed by atoms with Crippen molar-refractivity contribution in [2.45, 2.75) is 20.5 Å². The molecule has 0 saturated carbocycles. The fraction of sp³-hybridized carbons (Fsp3) is 0.273. The van der Waals surface area contributed by atoms with Crippen LogP contribution in [0.5, 0.6) is 17.2 Å². The van der Waals surface area contributed by atoms with Crippen molar-refractivity contribution in [3.8, 4) is 17.2 Å². The van der Waals surface area contributed by atoms with Crippen LogP contribution in [0.15, 0.2) is 47.3 Å². The predicted octanol–water partition coefficient (Wildman–Crippen LogP) is 4.16. The van der Waals surface area contributed by atoms with Crippen LogP contribution in [0.25, 0.3) is 0 Å². The lowest BCUT2D eigenvalue weighted by molar-refractivity contribution is 0.0946. The number of hydrogen-bond acceptors (Lipinski definition) is 6. The van der Waals surface area contributed by atoms with Crippen molar-refractivity contribution in [3.63, 3.8) is 0 Å². The summed E-state index contributed by atoms with van der Waals surface area (Å²) >= 11 is 1.51. The zero-order valence-electron chi connectivity index (χ0n) is 16.7. The summed E-state index contributed by atoms with van der Waals surface area (Å²) in [5.41, 5.74) is 5.39. The van der Waals surface area contributed by atoms with Crippen molar-refractivity contribution >= 4 is 17.2 Å². The number of hydrogen-bond donors (Lipinski definition) is 1. The van der Waals surface area contributed by atoms with Crippen molar-refractivity contribution in [2.24, 2.45) is 0 Å². The van der Waals surface area contributed by atoms with Gasteiger partial charge in [-0.1, -0.05) is 6.07 Å². The lowest BCUT2D eigenvalue weighted by Gasteiger charge is -2.12. The summed E-state index contributed by atoms with van der Waals surface area (Å²) < 4.78 is 16.8. The SMILES string of the molecule is COc1cc(C(=O)NCCOc2cc(C)cc(C)c2)ccc1OCc1cscn1. The first kappa shape index (κ1) is 20.7. The number of rotatable bonds is 9. The normalized spacial score (nSPS) is 10.4. The number of amides is 1. The molecule has 0 aliphatic carbocycles. The van der Waals surface area contributed by atoms with Crippen LogP contribution < -0.4 is 19.5 Å². The molecule has 0 unspecified atom stereocenters. The lowest BCUT2D eigenvalue weighted by atomic mass is 10.1. The highest BCUT2D eigenvalue weighted by Gasteiger charge is 2.11. The van der Waals surface area contributed by atoms with Gasteiger partial charge in [0, 0.05) is 10.9 Å². The van der Waals surface area contributed by atoms with Gasteiger partial charge in [-0.05, 0) is 55.3 Å². The summed E-state index contributed by atoms with van der Waals surface area (Å²) in [6.07, 6.45) is 0. The van der Waals surface area contributed by atoms with E-state index in [1.165, 1.54) is 11.3 Å². The second-order valence-electron chi connectivity index (χ2n) is 6.56. The van der Waals surface area contributed by atoms with Crippen LogP contribution in [0.4, 0.5) is 0 Å². The van der Waals surface area contributed by atoms with Gasteiger partial charge in [0.2, 0.25) is 0 Å². The third kappa shape index (κ3) is 5.96. The molecule has 29 heavy (non-hydrogen) atoms. The van der Waals surface area contributed by atoms with Crippen LogP contribution in [0, 0.1) is 13.8 Å². The molecule has 152 valence electrons. The average molecular weight is 413 g/mol. The molecule has 1 amide bonds. The van der Waals surface area contributed by atoms with Gasteiger partial charge in [0.1, 0.15) is 19.0 Å². The van der Waals surface area contributed by atoms with Gasteiger partial charge in [0.25, 0.3) is 5.91 Å². The number of benzene rings is 2. The Balaban J connectivity index is 1.52. The van der Waals surface area contributed by atoms with E-state index in [1.807, 2.05) is 31.4 Å². The number of carbonyl (C=O) groups is 1. The number of aryl methyl sites for hydroxylation is 2. The van der Waals surface area contributed by atoms with E-state index in [0.29, 0.717) is 36.8 Å². The van der Waals surface area contributed by atoms with Gasteiger partial charge >= 0.3 is 0 Å². The Morgan fingerprint density at radius 3 is 2.55 bits per heavy atom. The molecule has 0 atom stereocenters. The van der Waals surface area contributed by atoms with E-state index in [0.717, 1.165) is 22.6 Å². The van der Waals surface area contributed by atoms with Crippen LogP contribution in [0.1, 0.15) is 27.2 Å². The highest BCUT2D eigenvalue weighted by molar-refractivity contribution is 7.07. The molecular formula is C22H24N2O4S. The zero-order valence-corrected chi connectivity index (χ0v) is 17.5. The van der Waals surface area contributed by atoms with Crippen molar-refractivity contribution < 1.29 is 19.0 Å². The Bertz CT molecular complexity index is 937. The third-order valence-corrected chi connectivity index (χ3v) is 4.77. The fourth-order valence-corrected chi connectivity index (χ4v) is 3.38.